The maximum Gasteiger partial charge on any atom is 0.0506 e. The molecule has 35 heavy (non-hydrogen) atoms. The average molecular weight is 465 g/mol. The van der Waals surface area contributed by atoms with Crippen molar-refractivity contribution >= 4 is 22.0 Å². The Labute approximate surface area is 211 Å². The van der Waals surface area contributed by atoms with Gasteiger partial charge in [-0.05, 0) is 72.6 Å². The Morgan fingerprint density at radius 3 is 2.60 bits per heavy atom. The first-order valence-corrected chi connectivity index (χ1v) is 13.6. The SMILES string of the molecule is C/C=C\C(CCC)N1CCC(CC)=C1/C=C(\C)C(C)/C=C1\CNC2=C1c1cccc3cccc2c13. The van der Waals surface area contributed by atoms with Crippen LogP contribution < -0.4 is 5.32 Å². The van der Waals surface area contributed by atoms with Gasteiger partial charge in [0.15, 0.2) is 0 Å². The van der Waals surface area contributed by atoms with Crippen molar-refractivity contribution in [3.8, 4) is 0 Å². The van der Waals surface area contributed by atoms with E-state index in [2.05, 4.69) is 106 Å². The van der Waals surface area contributed by atoms with E-state index in [1.54, 1.807) is 5.57 Å². The van der Waals surface area contributed by atoms with Crippen molar-refractivity contribution in [1.82, 2.24) is 10.2 Å². The van der Waals surface area contributed by atoms with Gasteiger partial charge >= 0.3 is 0 Å². The number of hydrogen-bond acceptors (Lipinski definition) is 2. The molecule has 2 heteroatoms. The Morgan fingerprint density at radius 2 is 1.89 bits per heavy atom. The van der Waals surface area contributed by atoms with Crippen molar-refractivity contribution < 1.29 is 0 Å². The second kappa shape index (κ2) is 9.93. The maximum absolute atomic E-state index is 3.73. The van der Waals surface area contributed by atoms with Gasteiger partial charge in [-0.3, -0.25) is 0 Å². The standard InChI is InChI=1S/C33H40N2/c1-6-11-27(12-7-2)35-18-17-24(8-3)30(35)20-23(5)22(4)19-26-21-34-33-29-16-10-14-25-13-9-15-28(31(25)29)32(26)33/h6,9-11,13-16,19-20,22,27,34H,7-8,12,17-18,21H2,1-5H3/b11-6-,23-20+,26-19+. The third kappa shape index (κ3) is 4.18. The monoisotopic (exact) mass is 464 g/mol. The second-order valence-corrected chi connectivity index (χ2v) is 10.3. The summed E-state index contributed by atoms with van der Waals surface area (Å²) < 4.78 is 0. The number of allylic oxidation sites excluding steroid dienone is 4. The molecule has 0 spiro atoms. The number of benzene rings is 2. The average Bonchev–Trinajstić information content (AvgIpc) is 3.55. The van der Waals surface area contributed by atoms with Crippen LogP contribution in [-0.4, -0.2) is 24.0 Å². The van der Waals surface area contributed by atoms with Crippen molar-refractivity contribution in [2.45, 2.75) is 66.3 Å². The summed E-state index contributed by atoms with van der Waals surface area (Å²) in [5.74, 6) is 0.390. The molecule has 0 amide bonds. The molecule has 0 fully saturated rings. The zero-order chi connectivity index (χ0) is 24.5. The number of fused-ring (bicyclic) bond motifs is 2. The molecular formula is C33H40N2. The van der Waals surface area contributed by atoms with E-state index >= 15 is 0 Å². The third-order valence-electron chi connectivity index (χ3n) is 8.16. The van der Waals surface area contributed by atoms with Crippen molar-refractivity contribution in [2.75, 3.05) is 13.1 Å². The van der Waals surface area contributed by atoms with Gasteiger partial charge in [0.2, 0.25) is 0 Å². The van der Waals surface area contributed by atoms with Crippen LogP contribution in [0.4, 0.5) is 0 Å². The minimum absolute atomic E-state index is 0.390. The summed E-state index contributed by atoms with van der Waals surface area (Å²) in [5, 5.41) is 6.47. The predicted molar refractivity (Wildman–Crippen MR) is 152 cm³/mol. The molecule has 2 atom stereocenters. The lowest BCUT2D eigenvalue weighted by molar-refractivity contribution is 0.310. The molecule has 2 aromatic carbocycles. The van der Waals surface area contributed by atoms with Gasteiger partial charge < -0.3 is 10.2 Å². The topological polar surface area (TPSA) is 15.3 Å². The predicted octanol–water partition coefficient (Wildman–Crippen LogP) is 8.25. The molecule has 5 rings (SSSR count). The molecule has 1 aliphatic carbocycles. The minimum Gasteiger partial charge on any atom is -0.380 e. The van der Waals surface area contributed by atoms with Crippen LogP contribution >= 0.6 is 0 Å². The Bertz CT molecular complexity index is 1280. The van der Waals surface area contributed by atoms with Crippen molar-refractivity contribution in [3.05, 3.63) is 94.2 Å². The van der Waals surface area contributed by atoms with Gasteiger partial charge in [0.25, 0.3) is 0 Å². The molecule has 2 nitrogen and oxygen atoms in total. The number of hydrogen-bond donors (Lipinski definition) is 1. The molecular weight excluding hydrogens is 424 g/mol. The van der Waals surface area contributed by atoms with Crippen LogP contribution in [0.5, 0.6) is 0 Å². The van der Waals surface area contributed by atoms with Crippen LogP contribution in [0.3, 0.4) is 0 Å². The molecule has 1 N–H and O–H groups in total. The molecule has 0 radical (unpaired) electrons. The summed E-state index contributed by atoms with van der Waals surface area (Å²) in [4.78, 5) is 2.66. The maximum atomic E-state index is 3.73. The Hall–Kier alpha value is -3.00. The quantitative estimate of drug-likeness (QED) is 0.396. The highest BCUT2D eigenvalue weighted by Crippen LogP contribution is 2.47. The zero-order valence-corrected chi connectivity index (χ0v) is 22.1. The van der Waals surface area contributed by atoms with Crippen LogP contribution in [0.25, 0.3) is 22.0 Å². The van der Waals surface area contributed by atoms with Gasteiger partial charge in [-0.1, -0.05) is 87.4 Å². The highest BCUT2D eigenvalue weighted by Gasteiger charge is 2.31. The van der Waals surface area contributed by atoms with E-state index in [0.717, 1.165) is 19.5 Å². The van der Waals surface area contributed by atoms with Crippen LogP contribution in [0.2, 0.25) is 0 Å². The molecule has 3 aliphatic rings. The lowest BCUT2D eigenvalue weighted by atomic mass is 9.93. The molecule has 0 aromatic heterocycles. The first-order chi connectivity index (χ1) is 17.1. The van der Waals surface area contributed by atoms with Gasteiger partial charge in [0, 0.05) is 36.0 Å². The number of nitrogens with zero attached hydrogens (tertiary/aromatic N) is 1. The van der Waals surface area contributed by atoms with E-state index in [4.69, 9.17) is 0 Å². The van der Waals surface area contributed by atoms with E-state index in [1.807, 2.05) is 0 Å². The van der Waals surface area contributed by atoms with Gasteiger partial charge in [-0.2, -0.15) is 0 Å². The van der Waals surface area contributed by atoms with E-state index in [0.29, 0.717) is 12.0 Å². The largest absolute Gasteiger partial charge is 0.380 e. The normalized spacial score (nSPS) is 20.5. The van der Waals surface area contributed by atoms with Gasteiger partial charge in [0.05, 0.1) is 5.70 Å². The van der Waals surface area contributed by atoms with Crippen LogP contribution in [0.15, 0.2) is 83.1 Å². The fourth-order valence-electron chi connectivity index (χ4n) is 6.21. The molecule has 2 heterocycles. The molecule has 2 unspecified atom stereocenters. The highest BCUT2D eigenvalue weighted by molar-refractivity contribution is 6.18. The summed E-state index contributed by atoms with van der Waals surface area (Å²) >= 11 is 0. The van der Waals surface area contributed by atoms with Crippen LogP contribution in [0.1, 0.15) is 71.4 Å². The third-order valence-corrected chi connectivity index (χ3v) is 8.16. The second-order valence-electron chi connectivity index (χ2n) is 10.3. The van der Waals surface area contributed by atoms with Crippen molar-refractivity contribution in [2.24, 2.45) is 5.92 Å². The first-order valence-electron chi connectivity index (χ1n) is 13.6. The summed E-state index contributed by atoms with van der Waals surface area (Å²) in [6, 6.07) is 13.9. The van der Waals surface area contributed by atoms with E-state index in [-0.39, 0.29) is 0 Å². The first kappa shape index (κ1) is 23.7. The van der Waals surface area contributed by atoms with E-state index in [1.165, 1.54) is 69.3 Å². The lowest BCUT2D eigenvalue weighted by Gasteiger charge is -2.30. The number of rotatable bonds is 8. The van der Waals surface area contributed by atoms with Gasteiger partial charge in [0.1, 0.15) is 0 Å². The van der Waals surface area contributed by atoms with Crippen molar-refractivity contribution in [1.29, 1.82) is 0 Å². The van der Waals surface area contributed by atoms with Gasteiger partial charge in [-0.15, -0.1) is 0 Å². The summed E-state index contributed by atoms with van der Waals surface area (Å²) in [6.45, 7) is 13.5. The van der Waals surface area contributed by atoms with Crippen molar-refractivity contribution in [3.63, 3.8) is 0 Å². The highest BCUT2D eigenvalue weighted by atomic mass is 15.2. The molecule has 2 aliphatic heterocycles. The minimum atomic E-state index is 0.390. The van der Waals surface area contributed by atoms with Gasteiger partial charge in [-0.25, -0.2) is 0 Å². The Morgan fingerprint density at radius 1 is 1.11 bits per heavy atom. The van der Waals surface area contributed by atoms with E-state index in [9.17, 15) is 0 Å². The fraction of sp³-hybridized carbons (Fsp3) is 0.394. The molecule has 0 saturated heterocycles. The summed E-state index contributed by atoms with van der Waals surface area (Å²) in [5.41, 5.74) is 11.5. The molecule has 0 saturated carbocycles. The smallest absolute Gasteiger partial charge is 0.0506 e. The van der Waals surface area contributed by atoms with Crippen LogP contribution in [0, 0.1) is 5.92 Å². The fourth-order valence-corrected chi connectivity index (χ4v) is 6.21. The summed E-state index contributed by atoms with van der Waals surface area (Å²) in [7, 11) is 0. The van der Waals surface area contributed by atoms with E-state index < -0.39 is 0 Å². The van der Waals surface area contributed by atoms with Crippen LogP contribution in [-0.2, 0) is 0 Å². The summed E-state index contributed by atoms with van der Waals surface area (Å²) in [6.07, 6.45) is 14.4. The molecule has 182 valence electrons. The Kier molecular flexibility index (Phi) is 6.73. The Balaban J connectivity index is 1.45. The zero-order valence-electron chi connectivity index (χ0n) is 22.1. The lowest BCUT2D eigenvalue weighted by Crippen LogP contribution is -2.30. The molecule has 0 bridgehead atoms. The number of nitrogens with one attached hydrogen (secondary N) is 1. The molecule has 2 aromatic rings.